The van der Waals surface area contributed by atoms with E-state index < -0.39 is 0 Å². The number of anilines is 2. The molecule has 1 aromatic heterocycles. The third kappa shape index (κ3) is 4.58. The Kier molecular flexibility index (Phi) is 5.90. The number of aromatic nitrogens is 2. The Bertz CT molecular complexity index is 991. The fraction of sp³-hybridized carbons (Fsp3) is 0.261. The highest BCUT2D eigenvalue weighted by Gasteiger charge is 2.21. The van der Waals surface area contributed by atoms with E-state index in [1.165, 1.54) is 6.33 Å². The molecule has 1 fully saturated rings. The molecule has 7 nitrogen and oxygen atoms in total. The van der Waals surface area contributed by atoms with Crippen LogP contribution in [-0.4, -0.2) is 46.8 Å². The van der Waals surface area contributed by atoms with Crippen LogP contribution in [0.15, 0.2) is 65.9 Å². The number of hydrogen-bond donors (Lipinski definition) is 2. The molecule has 0 saturated carbocycles. The van der Waals surface area contributed by atoms with Crippen molar-refractivity contribution in [3.63, 3.8) is 0 Å². The Morgan fingerprint density at radius 2 is 1.53 bits per heavy atom. The highest BCUT2D eigenvalue weighted by Crippen LogP contribution is 2.26. The molecule has 1 aliphatic heterocycles. The quantitative estimate of drug-likeness (QED) is 0.635. The predicted molar refractivity (Wildman–Crippen MR) is 120 cm³/mol. The van der Waals surface area contributed by atoms with E-state index in [9.17, 15) is 0 Å². The van der Waals surface area contributed by atoms with Gasteiger partial charge >= 0.3 is 0 Å². The summed E-state index contributed by atoms with van der Waals surface area (Å²) in [6.07, 6.45) is 3.35. The second-order valence-electron chi connectivity index (χ2n) is 7.47. The molecule has 0 amide bonds. The largest absolute Gasteiger partial charge is 0.457 e. The Morgan fingerprint density at radius 3 is 2.17 bits per heavy atom. The summed E-state index contributed by atoms with van der Waals surface area (Å²) in [4.78, 5) is 15.6. The van der Waals surface area contributed by atoms with Gasteiger partial charge in [-0.25, -0.2) is 9.97 Å². The average molecular weight is 403 g/mol. The van der Waals surface area contributed by atoms with Crippen molar-refractivity contribution < 1.29 is 4.74 Å². The summed E-state index contributed by atoms with van der Waals surface area (Å²) in [5, 5.41) is 0. The van der Waals surface area contributed by atoms with E-state index in [0.29, 0.717) is 17.2 Å². The Hall–Kier alpha value is -3.45. The van der Waals surface area contributed by atoms with Gasteiger partial charge in [-0.1, -0.05) is 18.2 Å². The van der Waals surface area contributed by atoms with Crippen LogP contribution in [0, 0.1) is 0 Å². The summed E-state index contributed by atoms with van der Waals surface area (Å²) in [7, 11) is 2.13. The molecule has 0 radical (unpaired) electrons. The van der Waals surface area contributed by atoms with E-state index >= 15 is 0 Å². The molecule has 4 rings (SSSR count). The number of para-hydroxylation sites is 1. The van der Waals surface area contributed by atoms with Gasteiger partial charge in [0.25, 0.3) is 0 Å². The van der Waals surface area contributed by atoms with Gasteiger partial charge in [0.2, 0.25) is 0 Å². The van der Waals surface area contributed by atoms with Crippen molar-refractivity contribution in [1.29, 1.82) is 0 Å². The van der Waals surface area contributed by atoms with E-state index in [4.69, 9.17) is 21.2 Å². The molecule has 2 heterocycles. The van der Waals surface area contributed by atoms with Crippen LogP contribution in [0.3, 0.4) is 0 Å². The Labute approximate surface area is 176 Å². The molecule has 1 aliphatic rings. The van der Waals surface area contributed by atoms with Gasteiger partial charge in [0.15, 0.2) is 0 Å². The first-order chi connectivity index (χ1) is 14.6. The fourth-order valence-corrected chi connectivity index (χ4v) is 3.55. The van der Waals surface area contributed by atoms with Crippen molar-refractivity contribution in [3.05, 3.63) is 72.1 Å². The summed E-state index contributed by atoms with van der Waals surface area (Å²) < 4.78 is 5.91. The van der Waals surface area contributed by atoms with Crippen molar-refractivity contribution in [2.45, 2.75) is 18.9 Å². The van der Waals surface area contributed by atoms with Gasteiger partial charge in [-0.2, -0.15) is 0 Å². The first-order valence-corrected chi connectivity index (χ1v) is 10.1. The molecule has 30 heavy (non-hydrogen) atoms. The summed E-state index contributed by atoms with van der Waals surface area (Å²) in [5.74, 6) is 2.20. The van der Waals surface area contributed by atoms with Crippen molar-refractivity contribution in [3.8, 4) is 11.5 Å². The number of ether oxygens (including phenoxy) is 1. The summed E-state index contributed by atoms with van der Waals surface area (Å²) >= 11 is 0. The molecule has 1 saturated heterocycles. The van der Waals surface area contributed by atoms with Gasteiger partial charge in [-0.15, -0.1) is 0 Å². The normalized spacial score (nSPS) is 15.8. The van der Waals surface area contributed by atoms with Gasteiger partial charge < -0.3 is 21.1 Å². The van der Waals surface area contributed by atoms with E-state index in [2.05, 4.69) is 21.9 Å². The highest BCUT2D eigenvalue weighted by molar-refractivity contribution is 6.17. The zero-order valence-electron chi connectivity index (χ0n) is 17.0. The smallest absolute Gasteiger partial charge is 0.138 e. The van der Waals surface area contributed by atoms with Crippen LogP contribution in [0.2, 0.25) is 0 Å². The lowest BCUT2D eigenvalue weighted by atomic mass is 10.0. The number of nitrogens with zero attached hydrogens (tertiary/aromatic N) is 4. The van der Waals surface area contributed by atoms with E-state index in [0.717, 1.165) is 48.7 Å². The molecular formula is C23H26N6O. The predicted octanol–water partition coefficient (Wildman–Crippen LogP) is 3.36. The molecule has 154 valence electrons. The number of hydrogen-bond acceptors (Lipinski definition) is 7. The molecule has 0 atom stereocenters. The molecular weight excluding hydrogens is 376 g/mol. The van der Waals surface area contributed by atoms with Crippen molar-refractivity contribution >= 4 is 17.3 Å². The lowest BCUT2D eigenvalue weighted by Crippen LogP contribution is -2.32. The van der Waals surface area contributed by atoms with E-state index in [-0.39, 0.29) is 6.04 Å². The van der Waals surface area contributed by atoms with Crippen LogP contribution in [0.4, 0.5) is 11.6 Å². The third-order valence-electron chi connectivity index (χ3n) is 5.25. The van der Waals surface area contributed by atoms with Crippen molar-refractivity contribution in [1.82, 2.24) is 14.9 Å². The van der Waals surface area contributed by atoms with E-state index in [1.54, 1.807) is 0 Å². The van der Waals surface area contributed by atoms with Gasteiger partial charge in [0.05, 0.1) is 17.3 Å². The maximum absolute atomic E-state index is 6.17. The fourth-order valence-electron chi connectivity index (χ4n) is 3.55. The average Bonchev–Trinajstić information content (AvgIpc) is 2.76. The minimum atomic E-state index is 0.204. The first kappa shape index (κ1) is 19.8. The molecule has 2 aromatic carbocycles. The zero-order valence-corrected chi connectivity index (χ0v) is 17.0. The maximum atomic E-state index is 6.17. The van der Waals surface area contributed by atoms with Gasteiger partial charge in [0, 0.05) is 5.56 Å². The van der Waals surface area contributed by atoms with Crippen LogP contribution in [0.1, 0.15) is 24.0 Å². The zero-order chi connectivity index (χ0) is 20.9. The molecule has 4 N–H and O–H groups in total. The molecule has 0 bridgehead atoms. The Balaban J connectivity index is 1.67. The number of rotatable bonds is 5. The molecule has 7 heteroatoms. The Morgan fingerprint density at radius 1 is 0.933 bits per heavy atom. The number of nitrogen functional groups attached to an aromatic ring is 2. The molecule has 0 aliphatic carbocycles. The first-order valence-electron chi connectivity index (χ1n) is 10.1. The number of likely N-dealkylation sites (tertiary alicyclic amines) is 1. The third-order valence-corrected chi connectivity index (χ3v) is 5.25. The van der Waals surface area contributed by atoms with Crippen LogP contribution in [-0.2, 0) is 0 Å². The standard InChI is InChI=1S/C23H26N6O/c1-29-13-11-17(12-14-29)28-21(20-22(24)26-15-27-23(20)25)16-7-9-19(10-8-16)30-18-5-3-2-4-6-18/h2-10,15,17H,11-14H2,1H3,(H4,24,25,26,27)/b28-21-. The number of nitrogens with two attached hydrogens (primary N) is 2. The van der Waals surface area contributed by atoms with Crippen LogP contribution in [0.25, 0.3) is 0 Å². The highest BCUT2D eigenvalue weighted by atomic mass is 16.5. The minimum Gasteiger partial charge on any atom is -0.457 e. The number of benzene rings is 2. The summed E-state index contributed by atoms with van der Waals surface area (Å²) in [5.41, 5.74) is 14.6. The maximum Gasteiger partial charge on any atom is 0.138 e. The topological polar surface area (TPSA) is 103 Å². The monoisotopic (exact) mass is 402 g/mol. The number of piperidine rings is 1. The minimum absolute atomic E-state index is 0.204. The van der Waals surface area contributed by atoms with Gasteiger partial charge in [0.1, 0.15) is 29.5 Å². The molecule has 0 spiro atoms. The summed E-state index contributed by atoms with van der Waals surface area (Å²) in [6, 6.07) is 17.7. The van der Waals surface area contributed by atoms with Crippen LogP contribution >= 0.6 is 0 Å². The van der Waals surface area contributed by atoms with Crippen molar-refractivity contribution in [2.75, 3.05) is 31.6 Å². The number of aliphatic imine (C=N–C) groups is 1. The summed E-state index contributed by atoms with van der Waals surface area (Å²) in [6.45, 7) is 2.03. The lowest BCUT2D eigenvalue weighted by Gasteiger charge is -2.27. The second-order valence-corrected chi connectivity index (χ2v) is 7.47. The van der Waals surface area contributed by atoms with Crippen molar-refractivity contribution in [2.24, 2.45) is 4.99 Å². The van der Waals surface area contributed by atoms with Gasteiger partial charge in [-0.3, -0.25) is 4.99 Å². The molecule has 3 aromatic rings. The second kappa shape index (κ2) is 8.92. The van der Waals surface area contributed by atoms with E-state index in [1.807, 2.05) is 54.6 Å². The van der Waals surface area contributed by atoms with Crippen LogP contribution < -0.4 is 16.2 Å². The van der Waals surface area contributed by atoms with Gasteiger partial charge in [-0.05, 0) is 69.4 Å². The molecule has 0 unspecified atom stereocenters. The van der Waals surface area contributed by atoms with Crippen LogP contribution in [0.5, 0.6) is 11.5 Å². The SMILES string of the molecule is CN1CCC(/N=C(/c2ccc(Oc3ccccc3)cc2)c2c(N)ncnc2N)CC1. The lowest BCUT2D eigenvalue weighted by molar-refractivity contribution is 0.257.